The Hall–Kier alpha value is -1.04. The standard InChI is InChI=1S/C14H20FNO2S/c1-10(2)8-17-6-7-18-9-11-4-3-5-12(13(11)15)14(16)19/h3-5,10H,6-9H2,1-2H3,(H2,16,19). The second-order valence-corrected chi connectivity index (χ2v) is 5.10. The molecule has 5 heteroatoms. The molecule has 0 aliphatic heterocycles. The Kier molecular flexibility index (Phi) is 6.91. The first kappa shape index (κ1) is 16.0. The van der Waals surface area contributed by atoms with Crippen molar-refractivity contribution in [2.75, 3.05) is 19.8 Å². The number of thiocarbonyl (C=S) groups is 1. The van der Waals surface area contributed by atoms with Crippen LogP contribution in [0.2, 0.25) is 0 Å². The van der Waals surface area contributed by atoms with Crippen LogP contribution in [0.25, 0.3) is 0 Å². The van der Waals surface area contributed by atoms with Crippen LogP contribution in [0.1, 0.15) is 25.0 Å². The fourth-order valence-electron chi connectivity index (χ4n) is 1.50. The number of halogens is 1. The van der Waals surface area contributed by atoms with E-state index in [1.165, 1.54) is 0 Å². The van der Waals surface area contributed by atoms with Gasteiger partial charge in [0.05, 0.1) is 19.8 Å². The molecule has 0 heterocycles. The zero-order valence-electron chi connectivity index (χ0n) is 11.3. The Balaban J connectivity index is 2.37. The van der Waals surface area contributed by atoms with Crippen molar-refractivity contribution in [1.29, 1.82) is 0 Å². The minimum atomic E-state index is -0.405. The number of benzene rings is 1. The van der Waals surface area contributed by atoms with Gasteiger partial charge in [0.25, 0.3) is 0 Å². The number of hydrogen-bond acceptors (Lipinski definition) is 3. The quantitative estimate of drug-likeness (QED) is 0.589. The molecule has 1 aromatic rings. The van der Waals surface area contributed by atoms with Crippen LogP contribution in [-0.4, -0.2) is 24.8 Å². The van der Waals surface area contributed by atoms with Crippen LogP contribution in [0.5, 0.6) is 0 Å². The van der Waals surface area contributed by atoms with Gasteiger partial charge in [0.1, 0.15) is 10.8 Å². The summed E-state index contributed by atoms with van der Waals surface area (Å²) in [5, 5.41) is 0. The van der Waals surface area contributed by atoms with E-state index in [1.807, 2.05) is 0 Å². The average molecular weight is 285 g/mol. The molecule has 19 heavy (non-hydrogen) atoms. The fraction of sp³-hybridized carbons (Fsp3) is 0.500. The van der Waals surface area contributed by atoms with E-state index < -0.39 is 5.82 Å². The van der Waals surface area contributed by atoms with E-state index in [9.17, 15) is 4.39 Å². The Morgan fingerprint density at radius 2 is 2.00 bits per heavy atom. The summed E-state index contributed by atoms with van der Waals surface area (Å²) in [6.07, 6.45) is 0. The molecule has 2 N–H and O–H groups in total. The molecule has 0 unspecified atom stereocenters. The molecule has 0 aliphatic carbocycles. The van der Waals surface area contributed by atoms with Crippen LogP contribution in [0.15, 0.2) is 18.2 Å². The van der Waals surface area contributed by atoms with Crippen LogP contribution in [-0.2, 0) is 16.1 Å². The van der Waals surface area contributed by atoms with Crippen LogP contribution >= 0.6 is 12.2 Å². The van der Waals surface area contributed by atoms with Crippen molar-refractivity contribution >= 4 is 17.2 Å². The number of ether oxygens (including phenoxy) is 2. The molecule has 0 spiro atoms. The molecule has 0 saturated carbocycles. The maximum absolute atomic E-state index is 13.9. The lowest BCUT2D eigenvalue weighted by Crippen LogP contribution is -2.13. The maximum atomic E-state index is 13.9. The highest BCUT2D eigenvalue weighted by atomic mass is 32.1. The van der Waals surface area contributed by atoms with Gasteiger partial charge in [0.2, 0.25) is 0 Å². The van der Waals surface area contributed by atoms with Gasteiger partial charge >= 0.3 is 0 Å². The molecule has 1 rings (SSSR count). The highest BCUT2D eigenvalue weighted by Gasteiger charge is 2.09. The summed E-state index contributed by atoms with van der Waals surface area (Å²) in [7, 11) is 0. The fourth-order valence-corrected chi connectivity index (χ4v) is 1.66. The summed E-state index contributed by atoms with van der Waals surface area (Å²) in [6, 6.07) is 4.94. The minimum Gasteiger partial charge on any atom is -0.389 e. The molecule has 0 amide bonds. The number of hydrogen-bond donors (Lipinski definition) is 1. The van der Waals surface area contributed by atoms with E-state index in [0.29, 0.717) is 31.3 Å². The average Bonchev–Trinajstić information content (AvgIpc) is 2.34. The molecule has 3 nitrogen and oxygen atoms in total. The normalized spacial score (nSPS) is 10.9. The van der Waals surface area contributed by atoms with Gasteiger partial charge in [-0.25, -0.2) is 4.39 Å². The van der Waals surface area contributed by atoms with E-state index >= 15 is 0 Å². The molecule has 0 aromatic heterocycles. The Labute approximate surface area is 118 Å². The molecule has 106 valence electrons. The Morgan fingerprint density at radius 3 is 2.63 bits per heavy atom. The van der Waals surface area contributed by atoms with Crippen molar-refractivity contribution < 1.29 is 13.9 Å². The van der Waals surface area contributed by atoms with Crippen molar-refractivity contribution in [3.8, 4) is 0 Å². The first-order valence-corrected chi connectivity index (χ1v) is 6.66. The monoisotopic (exact) mass is 285 g/mol. The maximum Gasteiger partial charge on any atom is 0.138 e. The number of nitrogens with two attached hydrogens (primary N) is 1. The molecular weight excluding hydrogens is 265 g/mol. The van der Waals surface area contributed by atoms with Crippen molar-refractivity contribution in [2.45, 2.75) is 20.5 Å². The Bertz CT molecular complexity index is 424. The summed E-state index contributed by atoms with van der Waals surface area (Å²) in [5.74, 6) is 0.0952. The zero-order valence-corrected chi connectivity index (χ0v) is 12.1. The topological polar surface area (TPSA) is 44.5 Å². The summed E-state index contributed by atoms with van der Waals surface area (Å²) >= 11 is 4.78. The van der Waals surface area contributed by atoms with Crippen molar-refractivity contribution in [1.82, 2.24) is 0 Å². The van der Waals surface area contributed by atoms with Crippen LogP contribution in [0, 0.1) is 11.7 Å². The van der Waals surface area contributed by atoms with Gasteiger partial charge < -0.3 is 15.2 Å². The minimum absolute atomic E-state index is 0.0552. The molecule has 0 bridgehead atoms. The summed E-state index contributed by atoms with van der Waals surface area (Å²) < 4.78 is 24.7. The largest absolute Gasteiger partial charge is 0.389 e. The summed E-state index contributed by atoms with van der Waals surface area (Å²) in [6.45, 7) is 6.00. The van der Waals surface area contributed by atoms with Crippen LogP contribution in [0.4, 0.5) is 4.39 Å². The highest BCUT2D eigenvalue weighted by Crippen LogP contribution is 2.13. The lowest BCUT2D eigenvalue weighted by atomic mass is 10.1. The van der Waals surface area contributed by atoms with E-state index in [4.69, 9.17) is 27.4 Å². The predicted molar refractivity (Wildman–Crippen MR) is 77.6 cm³/mol. The van der Waals surface area contributed by atoms with Gasteiger partial charge in [-0.15, -0.1) is 0 Å². The van der Waals surface area contributed by atoms with E-state index in [2.05, 4.69) is 13.8 Å². The van der Waals surface area contributed by atoms with Gasteiger partial charge in [-0.05, 0) is 12.0 Å². The van der Waals surface area contributed by atoms with Gasteiger partial charge in [-0.3, -0.25) is 0 Å². The first-order chi connectivity index (χ1) is 9.02. The van der Waals surface area contributed by atoms with Gasteiger partial charge in [-0.2, -0.15) is 0 Å². The van der Waals surface area contributed by atoms with Crippen molar-refractivity contribution in [2.24, 2.45) is 11.7 Å². The van der Waals surface area contributed by atoms with E-state index in [-0.39, 0.29) is 17.2 Å². The first-order valence-electron chi connectivity index (χ1n) is 6.25. The van der Waals surface area contributed by atoms with E-state index in [1.54, 1.807) is 18.2 Å². The molecule has 0 radical (unpaired) electrons. The summed E-state index contributed by atoms with van der Waals surface area (Å²) in [5.41, 5.74) is 6.15. The van der Waals surface area contributed by atoms with Gasteiger partial charge in [0.15, 0.2) is 0 Å². The van der Waals surface area contributed by atoms with Crippen LogP contribution in [0.3, 0.4) is 0 Å². The van der Waals surface area contributed by atoms with Crippen molar-refractivity contribution in [3.05, 3.63) is 35.1 Å². The third-order valence-corrected chi connectivity index (χ3v) is 2.64. The molecule has 0 atom stereocenters. The highest BCUT2D eigenvalue weighted by molar-refractivity contribution is 7.80. The molecule has 0 aliphatic rings. The van der Waals surface area contributed by atoms with E-state index in [0.717, 1.165) is 0 Å². The zero-order chi connectivity index (χ0) is 14.3. The van der Waals surface area contributed by atoms with Gasteiger partial charge in [0, 0.05) is 17.7 Å². The molecular formula is C14H20FNO2S. The lowest BCUT2D eigenvalue weighted by Gasteiger charge is -2.09. The molecule has 1 aromatic carbocycles. The van der Waals surface area contributed by atoms with Gasteiger partial charge in [-0.1, -0.05) is 38.2 Å². The SMILES string of the molecule is CC(C)COCCOCc1cccc(C(N)=S)c1F. The predicted octanol–water partition coefficient (Wildman–Crippen LogP) is 2.65. The second-order valence-electron chi connectivity index (χ2n) is 4.66. The molecule has 0 fully saturated rings. The third-order valence-electron chi connectivity index (χ3n) is 2.42. The smallest absolute Gasteiger partial charge is 0.138 e. The Morgan fingerprint density at radius 1 is 1.32 bits per heavy atom. The lowest BCUT2D eigenvalue weighted by molar-refractivity contribution is 0.0307. The van der Waals surface area contributed by atoms with Crippen LogP contribution < -0.4 is 5.73 Å². The summed E-state index contributed by atoms with van der Waals surface area (Å²) in [4.78, 5) is 0.0552. The third kappa shape index (κ3) is 5.63. The van der Waals surface area contributed by atoms with Crippen molar-refractivity contribution in [3.63, 3.8) is 0 Å². The molecule has 0 saturated heterocycles. The number of rotatable bonds is 8. The second kappa shape index (κ2) is 8.19.